The molecule has 2 N–H and O–H groups in total. The van der Waals surface area contributed by atoms with Crippen molar-refractivity contribution in [3.63, 3.8) is 0 Å². The molecule has 1 rings (SSSR count). The minimum atomic E-state index is -1.13. The fraction of sp³-hybridized carbons (Fsp3) is 0.455. The second kappa shape index (κ2) is 7.08. The van der Waals surface area contributed by atoms with Crippen molar-refractivity contribution < 1.29 is 14.9 Å². The number of methoxy groups -OCH3 is 1. The number of aliphatic hydroxyl groups is 2. The van der Waals surface area contributed by atoms with Gasteiger partial charge in [-0.15, -0.1) is 0 Å². The van der Waals surface area contributed by atoms with Crippen LogP contribution in [0, 0.1) is 0 Å². The molecule has 0 aliphatic heterocycles. The predicted octanol–water partition coefficient (Wildman–Crippen LogP) is 2.44. The zero-order valence-electron chi connectivity index (χ0n) is 9.82. The van der Waals surface area contributed by atoms with Gasteiger partial charge in [-0.2, -0.15) is 0 Å². The lowest BCUT2D eigenvalue weighted by atomic mass is 10.0. The van der Waals surface area contributed by atoms with Crippen LogP contribution >= 0.6 is 11.6 Å². The van der Waals surface area contributed by atoms with Gasteiger partial charge >= 0.3 is 0 Å². The molecule has 0 heterocycles. The Morgan fingerprint density at radius 3 is 2.78 bits per heavy atom. The van der Waals surface area contributed by atoms with Gasteiger partial charge in [0.15, 0.2) is 0 Å². The number of aliphatic hydroxyl groups excluding tert-OH is 2. The molecule has 0 saturated carbocycles. The van der Waals surface area contributed by atoms with E-state index in [-0.39, 0.29) is 13.0 Å². The molecule has 0 aliphatic rings. The lowest BCUT2D eigenvalue weighted by Gasteiger charge is -2.18. The number of hydrogen-bond acceptors (Lipinski definition) is 4. The summed E-state index contributed by atoms with van der Waals surface area (Å²) < 4.78 is 4.99. The maximum Gasteiger partial charge on any atom is 0.120 e. The van der Waals surface area contributed by atoms with Gasteiger partial charge in [-0.3, -0.25) is 0 Å². The molecule has 98 valence electrons. The Kier molecular flexibility index (Phi) is 5.74. The van der Waals surface area contributed by atoms with Crippen LogP contribution in [0.3, 0.4) is 0 Å². The first-order valence-electron chi connectivity index (χ1n) is 5.30. The number of benzene rings is 1. The van der Waals surface area contributed by atoms with Crippen LogP contribution in [0.25, 0.3) is 10.4 Å². The lowest BCUT2D eigenvalue weighted by Crippen LogP contribution is -2.19. The zero-order valence-corrected chi connectivity index (χ0v) is 10.6. The maximum atomic E-state index is 9.92. The van der Waals surface area contributed by atoms with Crippen molar-refractivity contribution in [2.24, 2.45) is 5.11 Å². The molecule has 0 aliphatic carbocycles. The Morgan fingerprint density at radius 2 is 2.22 bits per heavy atom. The molecule has 0 amide bonds. The highest BCUT2D eigenvalue weighted by Gasteiger charge is 2.20. The van der Waals surface area contributed by atoms with Gasteiger partial charge in [-0.05, 0) is 24.1 Å². The summed E-state index contributed by atoms with van der Waals surface area (Å²) in [5.74, 6) is 0.569. The van der Waals surface area contributed by atoms with Crippen LogP contribution in [-0.4, -0.2) is 30.0 Å². The summed E-state index contributed by atoms with van der Waals surface area (Å²) in [6.07, 6.45) is -2.01. The number of rotatable bonds is 6. The first-order valence-corrected chi connectivity index (χ1v) is 5.68. The zero-order chi connectivity index (χ0) is 13.5. The van der Waals surface area contributed by atoms with Crippen LogP contribution in [0.1, 0.15) is 18.1 Å². The van der Waals surface area contributed by atoms with Crippen molar-refractivity contribution >= 4 is 11.6 Å². The second-order valence-electron chi connectivity index (χ2n) is 3.64. The van der Waals surface area contributed by atoms with Crippen molar-refractivity contribution in [3.8, 4) is 5.75 Å². The Balaban J connectivity index is 2.76. The molecule has 1 aromatic rings. The summed E-state index contributed by atoms with van der Waals surface area (Å²) in [5.41, 5.74) is 8.52. The normalized spacial score (nSPS) is 13.6. The average Bonchev–Trinajstić information content (AvgIpc) is 2.38. The van der Waals surface area contributed by atoms with Crippen LogP contribution in [0.4, 0.5) is 0 Å². The van der Waals surface area contributed by atoms with Crippen molar-refractivity contribution in [2.45, 2.75) is 18.6 Å². The first-order chi connectivity index (χ1) is 8.60. The number of nitrogens with zero attached hydrogens (tertiary/aromatic N) is 3. The number of ether oxygens (including phenoxy) is 1. The molecule has 0 radical (unpaired) electrons. The number of halogens is 1. The number of azide groups is 1. The topological polar surface area (TPSA) is 98.5 Å². The molecular weight excluding hydrogens is 258 g/mol. The van der Waals surface area contributed by atoms with E-state index < -0.39 is 12.2 Å². The minimum Gasteiger partial charge on any atom is -0.497 e. The fourth-order valence-corrected chi connectivity index (χ4v) is 1.76. The monoisotopic (exact) mass is 271 g/mol. The summed E-state index contributed by atoms with van der Waals surface area (Å²) in [5, 5.41) is 23.3. The highest BCUT2D eigenvalue weighted by Crippen LogP contribution is 2.29. The Morgan fingerprint density at radius 1 is 1.50 bits per heavy atom. The maximum absolute atomic E-state index is 9.92. The van der Waals surface area contributed by atoms with E-state index in [2.05, 4.69) is 10.0 Å². The molecule has 0 aromatic heterocycles. The Hall–Kier alpha value is -1.46. The van der Waals surface area contributed by atoms with E-state index in [9.17, 15) is 10.2 Å². The Labute approximate surface area is 109 Å². The summed E-state index contributed by atoms with van der Waals surface area (Å²) in [6.45, 7) is 0.114. The van der Waals surface area contributed by atoms with E-state index in [1.165, 1.54) is 7.11 Å². The first kappa shape index (κ1) is 14.6. The van der Waals surface area contributed by atoms with Gasteiger partial charge in [-0.25, -0.2) is 0 Å². The molecule has 18 heavy (non-hydrogen) atoms. The largest absolute Gasteiger partial charge is 0.497 e. The summed E-state index contributed by atoms with van der Waals surface area (Å²) >= 11 is 5.98. The average molecular weight is 272 g/mol. The third-order valence-corrected chi connectivity index (χ3v) is 2.81. The van der Waals surface area contributed by atoms with E-state index >= 15 is 0 Å². The third-order valence-electron chi connectivity index (χ3n) is 2.48. The van der Waals surface area contributed by atoms with Gasteiger partial charge in [0, 0.05) is 17.0 Å². The molecule has 7 heteroatoms. The van der Waals surface area contributed by atoms with Crippen molar-refractivity contribution in [1.82, 2.24) is 0 Å². The molecule has 0 fully saturated rings. The van der Waals surface area contributed by atoms with Crippen molar-refractivity contribution in [1.29, 1.82) is 0 Å². The molecule has 1 aromatic carbocycles. The van der Waals surface area contributed by atoms with E-state index in [1.54, 1.807) is 18.2 Å². The van der Waals surface area contributed by atoms with Gasteiger partial charge in [0.05, 0.1) is 18.2 Å². The molecule has 0 saturated heterocycles. The summed E-state index contributed by atoms with van der Waals surface area (Å²) in [4.78, 5) is 2.57. The van der Waals surface area contributed by atoms with Crippen molar-refractivity contribution in [2.75, 3.05) is 13.7 Å². The molecular formula is C11H14ClN3O3. The molecule has 6 nitrogen and oxygen atoms in total. The summed E-state index contributed by atoms with van der Waals surface area (Å²) in [7, 11) is 1.51. The van der Waals surface area contributed by atoms with Gasteiger partial charge in [0.25, 0.3) is 0 Å². The fourth-order valence-electron chi connectivity index (χ4n) is 1.47. The predicted molar refractivity (Wildman–Crippen MR) is 67.6 cm³/mol. The smallest absolute Gasteiger partial charge is 0.120 e. The summed E-state index contributed by atoms with van der Waals surface area (Å²) in [6, 6.07) is 4.79. The number of hydrogen-bond donors (Lipinski definition) is 2. The molecule has 0 spiro atoms. The second-order valence-corrected chi connectivity index (χ2v) is 4.05. The van der Waals surface area contributed by atoms with Crippen LogP contribution < -0.4 is 4.74 Å². The van der Waals surface area contributed by atoms with Crippen LogP contribution in [-0.2, 0) is 0 Å². The highest BCUT2D eigenvalue weighted by molar-refractivity contribution is 6.31. The third kappa shape index (κ3) is 3.78. The molecule has 0 bridgehead atoms. The standard InChI is InChI=1S/C11H14ClN3O3/c1-18-7-2-3-8(9(12)6-7)11(17)10(16)4-5-14-15-13/h2-3,6,10-11,16-17H,4-5H2,1H3. The quantitative estimate of drug-likeness (QED) is 0.472. The van der Waals surface area contributed by atoms with Gasteiger partial charge in [-0.1, -0.05) is 22.8 Å². The molecule has 2 unspecified atom stereocenters. The van der Waals surface area contributed by atoms with E-state index in [4.69, 9.17) is 21.9 Å². The molecule has 2 atom stereocenters. The van der Waals surface area contributed by atoms with Gasteiger partial charge < -0.3 is 14.9 Å². The van der Waals surface area contributed by atoms with E-state index in [0.29, 0.717) is 16.3 Å². The highest BCUT2D eigenvalue weighted by atomic mass is 35.5. The van der Waals surface area contributed by atoms with Crippen LogP contribution in [0.15, 0.2) is 23.3 Å². The minimum absolute atomic E-state index is 0.114. The van der Waals surface area contributed by atoms with Crippen LogP contribution in [0.5, 0.6) is 5.75 Å². The van der Waals surface area contributed by atoms with E-state index in [1.807, 2.05) is 0 Å². The van der Waals surface area contributed by atoms with E-state index in [0.717, 1.165) is 0 Å². The SMILES string of the molecule is COc1ccc(C(O)C(O)CCN=[N+]=[N-])c(Cl)c1. The lowest BCUT2D eigenvalue weighted by molar-refractivity contribution is 0.0151. The van der Waals surface area contributed by atoms with Crippen molar-refractivity contribution in [3.05, 3.63) is 39.2 Å². The van der Waals surface area contributed by atoms with Gasteiger partial charge in [0.2, 0.25) is 0 Å². The van der Waals surface area contributed by atoms with Crippen LogP contribution in [0.2, 0.25) is 5.02 Å². The Bertz CT molecular complexity index is 449. The van der Waals surface area contributed by atoms with Gasteiger partial charge in [0.1, 0.15) is 11.9 Å².